The lowest BCUT2D eigenvalue weighted by atomic mass is 10.2. The molecular weight excluding hydrogens is 230 g/mol. The van der Waals surface area contributed by atoms with Gasteiger partial charge in [0.25, 0.3) is 0 Å². The zero-order chi connectivity index (χ0) is 12.5. The minimum Gasteiger partial charge on any atom is -0.364 e. The van der Waals surface area contributed by atoms with Gasteiger partial charge in [-0.1, -0.05) is 36.4 Å². The van der Waals surface area contributed by atoms with Gasteiger partial charge in [0.1, 0.15) is 0 Å². The normalized spacial score (nSPS) is 10.9. The van der Waals surface area contributed by atoms with Crippen molar-refractivity contribution < 1.29 is 0 Å². The monoisotopic (exact) mass is 247 g/mol. The maximum Gasteiger partial charge on any atom is 0.189 e. The highest BCUT2D eigenvalue weighted by Gasteiger charge is 2.06. The number of hydrogen-bond acceptors (Lipinski definition) is 2. The Morgan fingerprint density at radius 1 is 1.41 bits per heavy atom. The first-order chi connectivity index (χ1) is 8.27. The van der Waals surface area contributed by atoms with E-state index in [1.165, 1.54) is 5.56 Å². The summed E-state index contributed by atoms with van der Waals surface area (Å²) in [6.45, 7) is 2.61. The maximum atomic E-state index is 5.20. The van der Waals surface area contributed by atoms with Crippen molar-refractivity contribution in [3.63, 3.8) is 0 Å². The molecule has 0 aliphatic rings. The number of allylic oxidation sites excluding steroid dienone is 2. The summed E-state index contributed by atoms with van der Waals surface area (Å²) < 4.78 is 0. The van der Waals surface area contributed by atoms with Crippen LogP contribution in [0.1, 0.15) is 12.5 Å². The van der Waals surface area contributed by atoms with Gasteiger partial charge in [0, 0.05) is 13.3 Å². The van der Waals surface area contributed by atoms with Crippen LogP contribution in [0, 0.1) is 0 Å². The minimum atomic E-state index is 0.606. The Bertz CT molecular complexity index is 398. The Kier molecular flexibility index (Phi) is 5.96. The molecule has 3 nitrogen and oxygen atoms in total. The van der Waals surface area contributed by atoms with Gasteiger partial charge in [-0.05, 0) is 30.8 Å². The molecule has 0 spiro atoms. The Balaban J connectivity index is 2.74. The molecule has 0 fully saturated rings. The molecule has 1 aromatic rings. The highest BCUT2D eigenvalue weighted by atomic mass is 32.1. The Morgan fingerprint density at radius 2 is 2.12 bits per heavy atom. The SMILES string of the molecule is CC=CC=NN(Cc1ccccc1)C(=S)NC. The van der Waals surface area contributed by atoms with Crippen LogP contribution in [0.5, 0.6) is 0 Å². The fourth-order valence-electron chi connectivity index (χ4n) is 1.26. The van der Waals surface area contributed by atoms with Crippen molar-refractivity contribution in [1.82, 2.24) is 10.3 Å². The first-order valence-corrected chi connectivity index (χ1v) is 5.87. The molecule has 0 radical (unpaired) electrons. The molecule has 0 unspecified atom stereocenters. The third kappa shape index (κ3) is 4.78. The van der Waals surface area contributed by atoms with Gasteiger partial charge in [-0.2, -0.15) is 5.10 Å². The van der Waals surface area contributed by atoms with E-state index in [-0.39, 0.29) is 0 Å². The third-order valence-corrected chi connectivity index (χ3v) is 2.52. The van der Waals surface area contributed by atoms with Crippen molar-refractivity contribution in [3.05, 3.63) is 48.0 Å². The van der Waals surface area contributed by atoms with E-state index in [0.717, 1.165) is 0 Å². The number of hydrazone groups is 1. The molecule has 0 bridgehead atoms. The predicted molar refractivity (Wildman–Crippen MR) is 76.9 cm³/mol. The molecular formula is C13H17N3S. The fourth-order valence-corrected chi connectivity index (χ4v) is 1.37. The van der Waals surface area contributed by atoms with E-state index in [0.29, 0.717) is 11.7 Å². The number of benzene rings is 1. The van der Waals surface area contributed by atoms with Crippen LogP contribution in [-0.2, 0) is 6.54 Å². The van der Waals surface area contributed by atoms with Crippen molar-refractivity contribution in [2.24, 2.45) is 5.10 Å². The van der Waals surface area contributed by atoms with Crippen LogP contribution in [0.2, 0.25) is 0 Å². The molecule has 0 heterocycles. The largest absolute Gasteiger partial charge is 0.364 e. The van der Waals surface area contributed by atoms with E-state index in [1.54, 1.807) is 18.3 Å². The molecule has 0 aliphatic carbocycles. The van der Waals surface area contributed by atoms with Crippen molar-refractivity contribution in [2.75, 3.05) is 7.05 Å². The van der Waals surface area contributed by atoms with Crippen LogP contribution in [0.25, 0.3) is 0 Å². The number of nitrogens with one attached hydrogen (secondary N) is 1. The summed E-state index contributed by atoms with van der Waals surface area (Å²) in [5, 5.41) is 9.59. The smallest absolute Gasteiger partial charge is 0.189 e. The van der Waals surface area contributed by atoms with E-state index >= 15 is 0 Å². The van der Waals surface area contributed by atoms with Gasteiger partial charge in [-0.15, -0.1) is 0 Å². The molecule has 0 saturated carbocycles. The molecule has 0 aromatic heterocycles. The second kappa shape index (κ2) is 7.57. The second-order valence-electron chi connectivity index (χ2n) is 3.39. The molecule has 0 aliphatic heterocycles. The van der Waals surface area contributed by atoms with Gasteiger partial charge in [0.05, 0.1) is 6.54 Å². The average Bonchev–Trinajstić information content (AvgIpc) is 2.38. The second-order valence-corrected chi connectivity index (χ2v) is 3.78. The molecule has 0 atom stereocenters. The van der Waals surface area contributed by atoms with Gasteiger partial charge in [-0.25, -0.2) is 5.01 Å². The molecule has 0 saturated heterocycles. The quantitative estimate of drug-likeness (QED) is 0.503. The highest BCUT2D eigenvalue weighted by Crippen LogP contribution is 2.04. The Hall–Kier alpha value is -1.68. The summed E-state index contributed by atoms with van der Waals surface area (Å²) in [4.78, 5) is 0. The van der Waals surface area contributed by atoms with Gasteiger partial charge in [-0.3, -0.25) is 0 Å². The molecule has 1 aromatic carbocycles. The van der Waals surface area contributed by atoms with E-state index in [2.05, 4.69) is 22.6 Å². The van der Waals surface area contributed by atoms with Gasteiger partial charge in [0.2, 0.25) is 0 Å². The zero-order valence-corrected chi connectivity index (χ0v) is 10.9. The first kappa shape index (κ1) is 13.4. The van der Waals surface area contributed by atoms with Crippen molar-refractivity contribution >= 4 is 23.5 Å². The lowest BCUT2D eigenvalue weighted by Gasteiger charge is -2.18. The number of hydrogen-bond donors (Lipinski definition) is 1. The lowest BCUT2D eigenvalue weighted by molar-refractivity contribution is 0.437. The van der Waals surface area contributed by atoms with Gasteiger partial charge < -0.3 is 5.32 Å². The lowest BCUT2D eigenvalue weighted by Crippen LogP contribution is -2.33. The van der Waals surface area contributed by atoms with Gasteiger partial charge >= 0.3 is 0 Å². The van der Waals surface area contributed by atoms with Crippen LogP contribution in [-0.4, -0.2) is 23.4 Å². The fraction of sp³-hybridized carbons (Fsp3) is 0.231. The molecule has 0 amide bonds. The highest BCUT2D eigenvalue weighted by molar-refractivity contribution is 7.80. The van der Waals surface area contributed by atoms with Crippen LogP contribution in [0.4, 0.5) is 0 Å². The summed E-state index contributed by atoms with van der Waals surface area (Å²) >= 11 is 5.20. The van der Waals surface area contributed by atoms with Crippen LogP contribution in [0.3, 0.4) is 0 Å². The molecule has 17 heavy (non-hydrogen) atoms. The first-order valence-electron chi connectivity index (χ1n) is 5.46. The zero-order valence-electron chi connectivity index (χ0n) is 10.1. The summed E-state index contributed by atoms with van der Waals surface area (Å²) in [6.07, 6.45) is 5.52. The van der Waals surface area contributed by atoms with Crippen molar-refractivity contribution in [3.8, 4) is 0 Å². The predicted octanol–water partition coefficient (Wildman–Crippen LogP) is 2.55. The minimum absolute atomic E-state index is 0.606. The van der Waals surface area contributed by atoms with Gasteiger partial charge in [0.15, 0.2) is 5.11 Å². The van der Waals surface area contributed by atoms with Crippen molar-refractivity contribution in [2.45, 2.75) is 13.5 Å². The topological polar surface area (TPSA) is 27.6 Å². The molecule has 1 rings (SSSR count). The number of nitrogens with zero attached hydrogens (tertiary/aromatic N) is 2. The van der Waals surface area contributed by atoms with Crippen LogP contribution < -0.4 is 5.32 Å². The summed E-state index contributed by atoms with van der Waals surface area (Å²) in [6, 6.07) is 10.1. The third-order valence-electron chi connectivity index (χ3n) is 2.11. The molecule has 90 valence electrons. The van der Waals surface area contributed by atoms with Crippen LogP contribution >= 0.6 is 12.2 Å². The molecule has 1 N–H and O–H groups in total. The summed E-state index contributed by atoms with van der Waals surface area (Å²) in [7, 11) is 1.80. The standard InChI is InChI=1S/C13H17N3S/c1-3-4-10-15-16(13(17)14-2)11-12-8-6-5-7-9-12/h3-10H,11H2,1-2H3,(H,14,17). The summed E-state index contributed by atoms with van der Waals surface area (Å²) in [5.41, 5.74) is 1.17. The average molecular weight is 247 g/mol. The Morgan fingerprint density at radius 3 is 2.71 bits per heavy atom. The van der Waals surface area contributed by atoms with E-state index in [9.17, 15) is 0 Å². The number of rotatable bonds is 4. The maximum absolute atomic E-state index is 5.20. The van der Waals surface area contributed by atoms with E-state index in [4.69, 9.17) is 12.2 Å². The summed E-state index contributed by atoms with van der Waals surface area (Å²) in [5.74, 6) is 0. The Labute approximate surface area is 108 Å². The van der Waals surface area contributed by atoms with Crippen LogP contribution in [0.15, 0.2) is 47.6 Å². The molecule has 4 heteroatoms. The van der Waals surface area contributed by atoms with E-state index < -0.39 is 0 Å². The van der Waals surface area contributed by atoms with Crippen molar-refractivity contribution in [1.29, 1.82) is 0 Å². The number of thiocarbonyl (C=S) groups is 1. The van der Waals surface area contributed by atoms with E-state index in [1.807, 2.05) is 37.3 Å².